The van der Waals surface area contributed by atoms with Gasteiger partial charge in [0.25, 0.3) is 0 Å². The molecule has 1 N–H and O–H groups in total. The number of likely N-dealkylation sites (tertiary alicyclic amines) is 1. The number of carbonyl (C=O) groups excluding carboxylic acids is 1. The number of nitrogens with one attached hydrogen (secondary N) is 1. The van der Waals surface area contributed by atoms with Gasteiger partial charge in [-0.15, -0.1) is 0 Å². The van der Waals surface area contributed by atoms with Gasteiger partial charge in [-0.25, -0.2) is 4.79 Å². The molecule has 1 aromatic carbocycles. The zero-order valence-electron chi connectivity index (χ0n) is 17.2. The van der Waals surface area contributed by atoms with Crippen LogP contribution in [0.15, 0.2) is 28.8 Å². The number of carbonyl (C=O) groups is 1. The second kappa shape index (κ2) is 8.73. The van der Waals surface area contributed by atoms with Gasteiger partial charge in [-0.2, -0.15) is 4.98 Å². The minimum atomic E-state index is -0.494. The molecule has 1 aromatic heterocycles. The molecule has 0 saturated carbocycles. The lowest BCUT2D eigenvalue weighted by molar-refractivity contribution is 0.0487. The predicted molar refractivity (Wildman–Crippen MR) is 107 cm³/mol. The highest BCUT2D eigenvalue weighted by Crippen LogP contribution is 2.22. The third-order valence-electron chi connectivity index (χ3n) is 4.82. The number of aryl methyl sites for hydroxylation is 1. The first kappa shape index (κ1) is 20.3. The molecule has 0 radical (unpaired) electrons. The number of rotatable bonds is 5. The maximum Gasteiger partial charge on any atom is 0.407 e. The molecule has 7 nitrogen and oxygen atoms in total. The molecule has 0 spiro atoms. The Hall–Kier alpha value is -2.41. The van der Waals surface area contributed by atoms with Gasteiger partial charge in [0.05, 0.1) is 6.54 Å². The summed E-state index contributed by atoms with van der Waals surface area (Å²) in [5, 5.41) is 7.04. The maximum absolute atomic E-state index is 12.0. The van der Waals surface area contributed by atoms with Crippen LogP contribution in [0.5, 0.6) is 0 Å². The highest BCUT2D eigenvalue weighted by molar-refractivity contribution is 5.67. The van der Waals surface area contributed by atoms with Crippen LogP contribution in [0.25, 0.3) is 11.4 Å². The molecule has 1 aliphatic heterocycles. The first-order chi connectivity index (χ1) is 13.3. The summed E-state index contributed by atoms with van der Waals surface area (Å²) in [6.45, 7) is 9.70. The number of benzene rings is 1. The topological polar surface area (TPSA) is 80.5 Å². The van der Waals surface area contributed by atoms with E-state index in [1.807, 2.05) is 52.0 Å². The number of hydrogen-bond donors (Lipinski definition) is 1. The van der Waals surface area contributed by atoms with Crippen LogP contribution in [0.3, 0.4) is 0 Å². The number of amides is 1. The number of nitrogens with zero attached hydrogens (tertiary/aromatic N) is 3. The maximum atomic E-state index is 12.0. The Morgan fingerprint density at radius 1 is 1.32 bits per heavy atom. The lowest BCUT2D eigenvalue weighted by Gasteiger charge is -2.34. The van der Waals surface area contributed by atoms with E-state index < -0.39 is 5.60 Å². The van der Waals surface area contributed by atoms with Crippen LogP contribution in [0, 0.1) is 6.92 Å². The molecule has 1 atom stereocenters. The Bertz CT molecular complexity index is 797. The Morgan fingerprint density at radius 3 is 2.86 bits per heavy atom. The molecule has 0 bridgehead atoms. The van der Waals surface area contributed by atoms with Crippen LogP contribution < -0.4 is 5.32 Å². The fourth-order valence-corrected chi connectivity index (χ4v) is 3.44. The minimum Gasteiger partial charge on any atom is -0.444 e. The largest absolute Gasteiger partial charge is 0.444 e. The smallest absolute Gasteiger partial charge is 0.407 e. The molecular formula is C21H30N4O3. The highest BCUT2D eigenvalue weighted by Gasteiger charge is 2.26. The first-order valence-corrected chi connectivity index (χ1v) is 9.91. The van der Waals surface area contributed by atoms with Gasteiger partial charge in [-0.3, -0.25) is 4.90 Å². The van der Waals surface area contributed by atoms with E-state index in [0.717, 1.165) is 36.9 Å². The lowest BCUT2D eigenvalue weighted by Crippen LogP contribution is -2.47. The van der Waals surface area contributed by atoms with Gasteiger partial charge in [0, 0.05) is 18.2 Å². The van der Waals surface area contributed by atoms with Crippen molar-refractivity contribution in [2.24, 2.45) is 0 Å². The standard InChI is InChI=1S/C21H30N4O3/c1-15-9-5-6-11-17(15)19-23-18(28-24-19)14-25-12-8-7-10-16(25)13-22-20(26)27-21(2,3)4/h5-6,9,11,16H,7-8,10,12-14H2,1-4H3,(H,22,26). The van der Waals surface area contributed by atoms with E-state index in [-0.39, 0.29) is 12.1 Å². The molecule has 1 aliphatic rings. The van der Waals surface area contributed by atoms with Gasteiger partial charge < -0.3 is 14.6 Å². The van der Waals surface area contributed by atoms with Crippen molar-refractivity contribution in [3.05, 3.63) is 35.7 Å². The van der Waals surface area contributed by atoms with Gasteiger partial charge in [0.1, 0.15) is 5.60 Å². The predicted octanol–water partition coefficient (Wildman–Crippen LogP) is 3.92. The molecule has 0 aliphatic carbocycles. The summed E-state index contributed by atoms with van der Waals surface area (Å²) >= 11 is 0. The van der Waals surface area contributed by atoms with E-state index in [1.165, 1.54) is 0 Å². The summed E-state index contributed by atoms with van der Waals surface area (Å²) in [5.41, 5.74) is 1.61. The van der Waals surface area contributed by atoms with Crippen LogP contribution in [-0.4, -0.2) is 45.9 Å². The van der Waals surface area contributed by atoms with E-state index in [4.69, 9.17) is 9.26 Å². The first-order valence-electron chi connectivity index (χ1n) is 9.91. The van der Waals surface area contributed by atoms with Crippen LogP contribution in [0.1, 0.15) is 51.5 Å². The Morgan fingerprint density at radius 2 is 2.11 bits per heavy atom. The second-order valence-electron chi connectivity index (χ2n) is 8.33. The van der Waals surface area contributed by atoms with Crippen LogP contribution >= 0.6 is 0 Å². The van der Waals surface area contributed by atoms with Crippen molar-refractivity contribution in [3.8, 4) is 11.4 Å². The number of alkyl carbamates (subject to hydrolysis) is 1. The quantitative estimate of drug-likeness (QED) is 0.839. The van der Waals surface area contributed by atoms with E-state index in [9.17, 15) is 4.79 Å². The fraction of sp³-hybridized carbons (Fsp3) is 0.571. The summed E-state index contributed by atoms with van der Waals surface area (Å²) in [6.07, 6.45) is 2.92. The Kier molecular flexibility index (Phi) is 6.34. The van der Waals surface area contributed by atoms with E-state index in [2.05, 4.69) is 20.4 Å². The molecule has 1 amide bonds. The van der Waals surface area contributed by atoms with Crippen molar-refractivity contribution in [3.63, 3.8) is 0 Å². The third kappa shape index (κ3) is 5.55. The van der Waals surface area contributed by atoms with Crippen molar-refractivity contribution in [1.29, 1.82) is 0 Å². The van der Waals surface area contributed by atoms with Crippen molar-refractivity contribution in [1.82, 2.24) is 20.4 Å². The molecule has 7 heteroatoms. The molecular weight excluding hydrogens is 356 g/mol. The number of piperidine rings is 1. The van der Waals surface area contributed by atoms with E-state index in [0.29, 0.717) is 24.8 Å². The summed E-state index contributed by atoms with van der Waals surface area (Å²) in [5.74, 6) is 1.22. The van der Waals surface area contributed by atoms with Gasteiger partial charge >= 0.3 is 6.09 Å². The molecule has 3 rings (SSSR count). The van der Waals surface area contributed by atoms with E-state index in [1.54, 1.807) is 0 Å². The van der Waals surface area contributed by atoms with Gasteiger partial charge in [-0.1, -0.05) is 35.8 Å². The lowest BCUT2D eigenvalue weighted by atomic mass is 10.0. The van der Waals surface area contributed by atoms with Crippen molar-refractivity contribution in [2.45, 2.75) is 65.1 Å². The second-order valence-corrected chi connectivity index (χ2v) is 8.33. The summed E-state index contributed by atoms with van der Waals surface area (Å²) < 4.78 is 10.8. The van der Waals surface area contributed by atoms with Gasteiger partial charge in [-0.05, 0) is 52.6 Å². The molecule has 28 heavy (non-hydrogen) atoms. The summed E-state index contributed by atoms with van der Waals surface area (Å²) in [6, 6.07) is 8.24. The third-order valence-corrected chi connectivity index (χ3v) is 4.82. The van der Waals surface area contributed by atoms with Gasteiger partial charge in [0.2, 0.25) is 11.7 Å². The fourth-order valence-electron chi connectivity index (χ4n) is 3.44. The minimum absolute atomic E-state index is 0.232. The molecule has 2 heterocycles. The Labute approximate surface area is 166 Å². The van der Waals surface area contributed by atoms with Crippen LogP contribution in [0.2, 0.25) is 0 Å². The zero-order valence-corrected chi connectivity index (χ0v) is 17.2. The zero-order chi connectivity index (χ0) is 20.1. The average molecular weight is 386 g/mol. The van der Waals surface area contributed by atoms with E-state index >= 15 is 0 Å². The number of ether oxygens (including phenoxy) is 1. The Balaban J connectivity index is 1.60. The number of aromatic nitrogens is 2. The van der Waals surface area contributed by atoms with Crippen molar-refractivity contribution >= 4 is 6.09 Å². The molecule has 1 fully saturated rings. The molecule has 1 unspecified atom stereocenters. The van der Waals surface area contributed by atoms with Crippen molar-refractivity contribution in [2.75, 3.05) is 13.1 Å². The monoisotopic (exact) mass is 386 g/mol. The molecule has 152 valence electrons. The normalized spacial score (nSPS) is 18.1. The SMILES string of the molecule is Cc1ccccc1-c1noc(CN2CCCCC2CNC(=O)OC(C)(C)C)n1. The molecule has 1 saturated heterocycles. The highest BCUT2D eigenvalue weighted by atomic mass is 16.6. The summed E-state index contributed by atoms with van der Waals surface area (Å²) in [7, 11) is 0. The molecule has 2 aromatic rings. The van der Waals surface area contributed by atoms with Crippen LogP contribution in [0.4, 0.5) is 4.79 Å². The van der Waals surface area contributed by atoms with Crippen LogP contribution in [-0.2, 0) is 11.3 Å². The van der Waals surface area contributed by atoms with Crippen molar-refractivity contribution < 1.29 is 14.1 Å². The summed E-state index contributed by atoms with van der Waals surface area (Å²) in [4.78, 5) is 18.8. The average Bonchev–Trinajstić information content (AvgIpc) is 3.08. The van der Waals surface area contributed by atoms with Gasteiger partial charge in [0.15, 0.2) is 0 Å². The number of hydrogen-bond acceptors (Lipinski definition) is 6.